The normalized spacial score (nSPS) is 41.8. The van der Waals surface area contributed by atoms with Gasteiger partial charge in [0.2, 0.25) is 0 Å². The zero-order valence-corrected chi connectivity index (χ0v) is 11.2. The second-order valence-corrected chi connectivity index (χ2v) is 6.27. The van der Waals surface area contributed by atoms with Crippen LogP contribution < -0.4 is 0 Å². The molecule has 0 aromatic carbocycles. The molecule has 0 heterocycles. The maximum absolute atomic E-state index is 10.1. The molecule has 0 saturated heterocycles. The number of rotatable bonds is 1. The fraction of sp³-hybridized carbons (Fsp3) is 0.867. The Morgan fingerprint density at radius 3 is 2.69 bits per heavy atom. The van der Waals surface area contributed by atoms with Crippen molar-refractivity contribution in [3.8, 4) is 0 Å². The third-order valence-corrected chi connectivity index (χ3v) is 5.23. The maximum atomic E-state index is 10.1. The lowest BCUT2D eigenvalue weighted by atomic mass is 9.55. The molecular formula is C15H26O. The Balaban J connectivity index is 2.44. The quantitative estimate of drug-likeness (QED) is 0.667. The number of hydrogen-bond donors (Lipinski definition) is 1. The van der Waals surface area contributed by atoms with Crippen LogP contribution in [0.5, 0.6) is 0 Å². The van der Waals surface area contributed by atoms with Crippen molar-refractivity contribution in [2.45, 2.75) is 65.9 Å². The van der Waals surface area contributed by atoms with Crippen molar-refractivity contribution in [3.05, 3.63) is 11.1 Å². The van der Waals surface area contributed by atoms with Gasteiger partial charge in [0.05, 0.1) is 6.10 Å². The van der Waals surface area contributed by atoms with Gasteiger partial charge in [0, 0.05) is 0 Å². The minimum atomic E-state index is -0.256. The van der Waals surface area contributed by atoms with Gasteiger partial charge in [-0.05, 0) is 55.9 Å². The predicted octanol–water partition coefficient (Wildman–Crippen LogP) is 3.92. The van der Waals surface area contributed by atoms with E-state index in [1.54, 1.807) is 0 Å². The average Bonchev–Trinajstić information content (AvgIpc) is 2.19. The Bertz CT molecular complexity index is 303. The molecule has 0 aromatic heterocycles. The van der Waals surface area contributed by atoms with Crippen molar-refractivity contribution in [2.75, 3.05) is 0 Å². The van der Waals surface area contributed by atoms with Crippen LogP contribution in [0.2, 0.25) is 0 Å². The largest absolute Gasteiger partial charge is 0.389 e. The standard InChI is InChI=1S/C15H26O/c1-10-9-13-7-5-6-8-15(13,4)14(11(10)2)12(3)16/h10,12-13,16H,5-9H2,1-4H3. The number of hydrogen-bond acceptors (Lipinski definition) is 1. The van der Waals surface area contributed by atoms with Crippen LogP contribution in [-0.4, -0.2) is 11.2 Å². The lowest BCUT2D eigenvalue weighted by molar-refractivity contribution is 0.0805. The average molecular weight is 222 g/mol. The molecule has 1 heteroatoms. The molecule has 1 nitrogen and oxygen atoms in total. The highest BCUT2D eigenvalue weighted by molar-refractivity contribution is 5.30. The molecule has 0 amide bonds. The van der Waals surface area contributed by atoms with Gasteiger partial charge < -0.3 is 5.11 Å². The smallest absolute Gasteiger partial charge is 0.0730 e. The lowest BCUT2D eigenvalue weighted by Crippen LogP contribution is -2.41. The first-order valence-electron chi connectivity index (χ1n) is 6.86. The molecule has 2 rings (SSSR count). The molecule has 0 radical (unpaired) electrons. The molecule has 0 aliphatic heterocycles. The summed E-state index contributed by atoms with van der Waals surface area (Å²) in [6, 6.07) is 0. The maximum Gasteiger partial charge on any atom is 0.0730 e. The topological polar surface area (TPSA) is 20.2 Å². The third kappa shape index (κ3) is 1.73. The van der Waals surface area contributed by atoms with Crippen LogP contribution in [0.1, 0.15) is 59.8 Å². The van der Waals surface area contributed by atoms with Gasteiger partial charge in [0.25, 0.3) is 0 Å². The van der Waals surface area contributed by atoms with Crippen LogP contribution in [0.4, 0.5) is 0 Å². The zero-order chi connectivity index (χ0) is 11.9. The van der Waals surface area contributed by atoms with Gasteiger partial charge in [-0.15, -0.1) is 0 Å². The van der Waals surface area contributed by atoms with Crippen molar-refractivity contribution in [1.29, 1.82) is 0 Å². The Kier molecular flexibility index (Phi) is 3.18. The fourth-order valence-electron chi connectivity index (χ4n) is 4.26. The van der Waals surface area contributed by atoms with Gasteiger partial charge in [-0.3, -0.25) is 0 Å². The molecular weight excluding hydrogens is 196 g/mol. The molecule has 4 atom stereocenters. The number of aliphatic hydroxyl groups excluding tert-OH is 1. The molecule has 1 saturated carbocycles. The van der Waals surface area contributed by atoms with E-state index in [-0.39, 0.29) is 6.10 Å². The molecule has 1 N–H and O–H groups in total. The van der Waals surface area contributed by atoms with Gasteiger partial charge >= 0.3 is 0 Å². The molecule has 2 aliphatic carbocycles. The summed E-state index contributed by atoms with van der Waals surface area (Å²) in [5.74, 6) is 1.48. The van der Waals surface area contributed by atoms with Crippen molar-refractivity contribution >= 4 is 0 Å². The highest BCUT2D eigenvalue weighted by Gasteiger charge is 2.45. The second kappa shape index (κ2) is 4.18. The van der Waals surface area contributed by atoms with E-state index in [0.717, 1.165) is 5.92 Å². The minimum Gasteiger partial charge on any atom is -0.389 e. The van der Waals surface area contributed by atoms with Crippen LogP contribution in [0.25, 0.3) is 0 Å². The summed E-state index contributed by atoms with van der Waals surface area (Å²) in [5, 5.41) is 10.1. The van der Waals surface area contributed by atoms with Gasteiger partial charge in [-0.25, -0.2) is 0 Å². The summed E-state index contributed by atoms with van der Waals surface area (Å²) in [5.41, 5.74) is 3.13. The van der Waals surface area contributed by atoms with Crippen LogP contribution in [-0.2, 0) is 0 Å². The van der Waals surface area contributed by atoms with E-state index in [4.69, 9.17) is 0 Å². The third-order valence-electron chi connectivity index (χ3n) is 5.23. The molecule has 0 bridgehead atoms. The highest BCUT2D eigenvalue weighted by atomic mass is 16.3. The summed E-state index contributed by atoms with van der Waals surface area (Å²) in [6.07, 6.45) is 6.45. The Morgan fingerprint density at radius 1 is 1.38 bits per heavy atom. The van der Waals surface area contributed by atoms with Crippen molar-refractivity contribution < 1.29 is 5.11 Å². The van der Waals surface area contributed by atoms with Gasteiger partial charge in [-0.1, -0.05) is 32.3 Å². The number of allylic oxidation sites excluding steroid dienone is 1. The molecule has 2 aliphatic rings. The molecule has 16 heavy (non-hydrogen) atoms. The van der Waals surface area contributed by atoms with Crippen LogP contribution in [0.15, 0.2) is 11.1 Å². The minimum absolute atomic E-state index is 0.256. The predicted molar refractivity (Wildman–Crippen MR) is 68.2 cm³/mol. The van der Waals surface area contributed by atoms with Crippen molar-refractivity contribution in [3.63, 3.8) is 0 Å². The number of fused-ring (bicyclic) bond motifs is 1. The molecule has 92 valence electrons. The van der Waals surface area contributed by atoms with Gasteiger partial charge in [-0.2, -0.15) is 0 Å². The fourth-order valence-corrected chi connectivity index (χ4v) is 4.26. The Hall–Kier alpha value is -0.300. The van der Waals surface area contributed by atoms with E-state index in [0.29, 0.717) is 11.3 Å². The van der Waals surface area contributed by atoms with Crippen LogP contribution >= 0.6 is 0 Å². The second-order valence-electron chi connectivity index (χ2n) is 6.27. The first-order valence-corrected chi connectivity index (χ1v) is 6.86. The highest BCUT2D eigenvalue weighted by Crippen LogP contribution is 2.55. The van der Waals surface area contributed by atoms with E-state index in [2.05, 4.69) is 20.8 Å². The van der Waals surface area contributed by atoms with Gasteiger partial charge in [0.15, 0.2) is 0 Å². The van der Waals surface area contributed by atoms with E-state index in [1.807, 2.05) is 6.92 Å². The van der Waals surface area contributed by atoms with Crippen LogP contribution in [0.3, 0.4) is 0 Å². The molecule has 0 spiro atoms. The van der Waals surface area contributed by atoms with Crippen molar-refractivity contribution in [1.82, 2.24) is 0 Å². The summed E-state index contributed by atoms with van der Waals surface area (Å²) in [4.78, 5) is 0. The Morgan fingerprint density at radius 2 is 2.06 bits per heavy atom. The molecule has 1 fully saturated rings. The monoisotopic (exact) mass is 222 g/mol. The Labute approximate surface area is 99.9 Å². The summed E-state index contributed by atoms with van der Waals surface area (Å²) >= 11 is 0. The van der Waals surface area contributed by atoms with E-state index in [9.17, 15) is 5.11 Å². The summed E-state index contributed by atoms with van der Waals surface area (Å²) in [7, 11) is 0. The summed E-state index contributed by atoms with van der Waals surface area (Å²) in [6.45, 7) is 8.91. The molecule has 0 aromatic rings. The lowest BCUT2D eigenvalue weighted by Gasteiger charge is -2.50. The van der Waals surface area contributed by atoms with Gasteiger partial charge in [0.1, 0.15) is 0 Å². The van der Waals surface area contributed by atoms with Crippen molar-refractivity contribution in [2.24, 2.45) is 17.3 Å². The SMILES string of the molecule is CC1=C(C(C)O)C2(C)CCCCC2CC1C. The van der Waals surface area contributed by atoms with E-state index < -0.39 is 0 Å². The number of aliphatic hydroxyl groups is 1. The van der Waals surface area contributed by atoms with E-state index >= 15 is 0 Å². The first-order chi connectivity index (χ1) is 7.47. The summed E-state index contributed by atoms with van der Waals surface area (Å²) < 4.78 is 0. The zero-order valence-electron chi connectivity index (χ0n) is 11.2. The molecule has 4 unspecified atom stereocenters. The first kappa shape index (κ1) is 12.2. The van der Waals surface area contributed by atoms with Crippen LogP contribution in [0, 0.1) is 17.3 Å². The van der Waals surface area contributed by atoms with E-state index in [1.165, 1.54) is 43.3 Å².